The number of carbonyl (C=O) groups is 2. The van der Waals surface area contributed by atoms with Crippen LogP contribution in [0.15, 0.2) is 72.8 Å². The predicted octanol–water partition coefficient (Wildman–Crippen LogP) is 4.47. The molecule has 0 spiro atoms. The SMILES string of the molecule is CN(CC(=O)Nc1ccc(N2CCOCC2)cc1)C(=O)c1ccccc1OCc1ccc(Cl)cc1. The first-order valence-corrected chi connectivity index (χ1v) is 11.8. The highest BCUT2D eigenvalue weighted by atomic mass is 35.5. The zero-order valence-electron chi connectivity index (χ0n) is 19.6. The molecule has 1 aliphatic rings. The number of nitrogens with one attached hydrogen (secondary N) is 1. The van der Waals surface area contributed by atoms with E-state index in [1.54, 1.807) is 43.4 Å². The van der Waals surface area contributed by atoms with Gasteiger partial charge >= 0.3 is 0 Å². The van der Waals surface area contributed by atoms with Gasteiger partial charge in [0.2, 0.25) is 5.91 Å². The Hall–Kier alpha value is -3.55. The Labute approximate surface area is 210 Å². The topological polar surface area (TPSA) is 71.1 Å². The molecule has 0 atom stereocenters. The lowest BCUT2D eigenvalue weighted by Crippen LogP contribution is -2.36. The standard InChI is InChI=1S/C27H28ClN3O4/c1-30(18-26(32)29-22-10-12-23(13-11-22)31-14-16-34-17-15-31)27(33)24-4-2-3-5-25(24)35-19-20-6-8-21(28)9-7-20/h2-13H,14-19H2,1H3,(H,29,32). The highest BCUT2D eigenvalue weighted by Gasteiger charge is 2.19. The summed E-state index contributed by atoms with van der Waals surface area (Å²) in [6, 6.07) is 22.0. The first kappa shape index (κ1) is 24.6. The summed E-state index contributed by atoms with van der Waals surface area (Å²) in [5.74, 6) is -0.118. The number of amides is 2. The molecule has 1 aliphatic heterocycles. The second kappa shape index (κ2) is 11.7. The van der Waals surface area contributed by atoms with Gasteiger partial charge < -0.3 is 24.6 Å². The molecule has 8 heteroatoms. The zero-order chi connectivity index (χ0) is 24.6. The summed E-state index contributed by atoms with van der Waals surface area (Å²) in [5.41, 5.74) is 3.10. The van der Waals surface area contributed by atoms with Crippen molar-refractivity contribution >= 4 is 34.8 Å². The molecule has 4 rings (SSSR count). The number of carbonyl (C=O) groups excluding carboxylic acids is 2. The largest absolute Gasteiger partial charge is 0.488 e. The van der Waals surface area contributed by atoms with Crippen LogP contribution in [0.25, 0.3) is 0 Å². The van der Waals surface area contributed by atoms with Crippen molar-refractivity contribution in [1.82, 2.24) is 4.90 Å². The van der Waals surface area contributed by atoms with Gasteiger partial charge in [0.25, 0.3) is 5.91 Å². The zero-order valence-corrected chi connectivity index (χ0v) is 20.3. The normalized spacial score (nSPS) is 13.3. The summed E-state index contributed by atoms with van der Waals surface area (Å²) >= 11 is 5.93. The van der Waals surface area contributed by atoms with Gasteiger partial charge in [-0.3, -0.25) is 9.59 Å². The van der Waals surface area contributed by atoms with Crippen LogP contribution in [0.2, 0.25) is 5.02 Å². The Morgan fingerprint density at radius 2 is 1.69 bits per heavy atom. The van der Waals surface area contributed by atoms with Gasteiger partial charge in [0, 0.05) is 36.5 Å². The van der Waals surface area contributed by atoms with Crippen molar-refractivity contribution in [1.29, 1.82) is 0 Å². The number of likely N-dealkylation sites (N-methyl/N-ethyl adjacent to an activating group) is 1. The van der Waals surface area contributed by atoms with Crippen LogP contribution in [-0.2, 0) is 16.1 Å². The van der Waals surface area contributed by atoms with Gasteiger partial charge in [-0.2, -0.15) is 0 Å². The van der Waals surface area contributed by atoms with Gasteiger partial charge in [0.1, 0.15) is 12.4 Å². The summed E-state index contributed by atoms with van der Waals surface area (Å²) in [7, 11) is 1.60. The van der Waals surface area contributed by atoms with Crippen LogP contribution in [0.5, 0.6) is 5.75 Å². The van der Waals surface area contributed by atoms with E-state index in [2.05, 4.69) is 10.2 Å². The minimum atomic E-state index is -0.297. The van der Waals surface area contributed by atoms with Crippen LogP contribution in [0, 0.1) is 0 Å². The van der Waals surface area contributed by atoms with E-state index in [0.717, 1.165) is 24.3 Å². The number of benzene rings is 3. The Morgan fingerprint density at radius 3 is 2.40 bits per heavy atom. The Bertz CT molecular complexity index is 1150. The van der Waals surface area contributed by atoms with Gasteiger partial charge in [-0.15, -0.1) is 0 Å². The van der Waals surface area contributed by atoms with Crippen molar-refractivity contribution in [2.45, 2.75) is 6.61 Å². The van der Waals surface area contributed by atoms with Gasteiger partial charge in [0.05, 0.1) is 25.3 Å². The third kappa shape index (κ3) is 6.74. The molecule has 1 fully saturated rings. The lowest BCUT2D eigenvalue weighted by Gasteiger charge is -2.28. The molecule has 0 bridgehead atoms. The molecule has 2 amide bonds. The van der Waals surface area contributed by atoms with E-state index in [9.17, 15) is 9.59 Å². The molecule has 1 N–H and O–H groups in total. The molecule has 0 saturated carbocycles. The van der Waals surface area contributed by atoms with Crippen molar-refractivity contribution in [2.24, 2.45) is 0 Å². The fraction of sp³-hybridized carbons (Fsp3) is 0.259. The molecule has 0 unspecified atom stereocenters. The number of hydrogen-bond acceptors (Lipinski definition) is 5. The van der Waals surface area contributed by atoms with E-state index in [4.69, 9.17) is 21.1 Å². The molecule has 0 radical (unpaired) electrons. The molecule has 1 saturated heterocycles. The van der Waals surface area contributed by atoms with Gasteiger partial charge in [-0.1, -0.05) is 35.9 Å². The lowest BCUT2D eigenvalue weighted by molar-refractivity contribution is -0.116. The second-order valence-corrected chi connectivity index (χ2v) is 8.70. The smallest absolute Gasteiger partial charge is 0.257 e. The average molecular weight is 494 g/mol. The Morgan fingerprint density at radius 1 is 1.00 bits per heavy atom. The molecule has 7 nitrogen and oxygen atoms in total. The van der Waals surface area contributed by atoms with Crippen LogP contribution in [-0.4, -0.2) is 56.6 Å². The fourth-order valence-electron chi connectivity index (χ4n) is 3.78. The van der Waals surface area contributed by atoms with Crippen molar-refractivity contribution in [3.8, 4) is 5.75 Å². The maximum absolute atomic E-state index is 13.1. The number of morpholine rings is 1. The molecule has 0 aromatic heterocycles. The van der Waals surface area contributed by atoms with Crippen molar-refractivity contribution in [3.63, 3.8) is 0 Å². The van der Waals surface area contributed by atoms with Gasteiger partial charge in [-0.25, -0.2) is 0 Å². The highest BCUT2D eigenvalue weighted by molar-refractivity contribution is 6.30. The summed E-state index contributed by atoms with van der Waals surface area (Å²) in [6.45, 7) is 3.34. The minimum absolute atomic E-state index is 0.0877. The molecule has 0 aliphatic carbocycles. The monoisotopic (exact) mass is 493 g/mol. The first-order chi connectivity index (χ1) is 17.0. The lowest BCUT2D eigenvalue weighted by atomic mass is 10.1. The van der Waals surface area contributed by atoms with E-state index in [1.807, 2.05) is 36.4 Å². The second-order valence-electron chi connectivity index (χ2n) is 8.27. The predicted molar refractivity (Wildman–Crippen MR) is 137 cm³/mol. The number of halogens is 1. The van der Waals surface area contributed by atoms with E-state index >= 15 is 0 Å². The average Bonchev–Trinajstić information content (AvgIpc) is 2.89. The number of rotatable bonds is 8. The van der Waals surface area contributed by atoms with Crippen LogP contribution in [0.3, 0.4) is 0 Å². The number of para-hydroxylation sites is 1. The minimum Gasteiger partial charge on any atom is -0.488 e. The maximum atomic E-state index is 13.1. The number of hydrogen-bond donors (Lipinski definition) is 1. The van der Waals surface area contributed by atoms with E-state index in [0.29, 0.717) is 41.8 Å². The van der Waals surface area contributed by atoms with E-state index in [1.165, 1.54) is 4.90 Å². The molecule has 3 aromatic carbocycles. The number of anilines is 2. The van der Waals surface area contributed by atoms with Crippen LogP contribution < -0.4 is 15.0 Å². The van der Waals surface area contributed by atoms with Crippen molar-refractivity contribution in [2.75, 3.05) is 50.1 Å². The summed E-state index contributed by atoms with van der Waals surface area (Å²) < 4.78 is 11.3. The van der Waals surface area contributed by atoms with E-state index < -0.39 is 0 Å². The summed E-state index contributed by atoms with van der Waals surface area (Å²) in [6.07, 6.45) is 0. The van der Waals surface area contributed by atoms with Gasteiger partial charge in [-0.05, 0) is 54.1 Å². The molecular formula is C27H28ClN3O4. The maximum Gasteiger partial charge on any atom is 0.257 e. The van der Waals surface area contributed by atoms with E-state index in [-0.39, 0.29) is 18.4 Å². The van der Waals surface area contributed by atoms with Crippen molar-refractivity contribution in [3.05, 3.63) is 88.9 Å². The summed E-state index contributed by atoms with van der Waals surface area (Å²) in [4.78, 5) is 29.3. The molecular weight excluding hydrogens is 466 g/mol. The number of nitrogens with zero attached hydrogens (tertiary/aromatic N) is 2. The van der Waals surface area contributed by atoms with Crippen LogP contribution in [0.4, 0.5) is 11.4 Å². The summed E-state index contributed by atoms with van der Waals surface area (Å²) in [5, 5.41) is 3.51. The van der Waals surface area contributed by atoms with Gasteiger partial charge in [0.15, 0.2) is 0 Å². The molecule has 1 heterocycles. The quantitative estimate of drug-likeness (QED) is 0.501. The molecule has 182 valence electrons. The third-order valence-electron chi connectivity index (χ3n) is 5.68. The van der Waals surface area contributed by atoms with Crippen LogP contribution in [0.1, 0.15) is 15.9 Å². The first-order valence-electron chi connectivity index (χ1n) is 11.4. The number of ether oxygens (including phenoxy) is 2. The molecule has 3 aromatic rings. The van der Waals surface area contributed by atoms with Crippen molar-refractivity contribution < 1.29 is 19.1 Å². The third-order valence-corrected chi connectivity index (χ3v) is 5.93. The van der Waals surface area contributed by atoms with Crippen LogP contribution >= 0.6 is 11.6 Å². The highest BCUT2D eigenvalue weighted by Crippen LogP contribution is 2.22. The Balaban J connectivity index is 1.33. The molecule has 35 heavy (non-hydrogen) atoms. The Kier molecular flexibility index (Phi) is 8.23. The fourth-order valence-corrected chi connectivity index (χ4v) is 3.91.